The first-order valence-corrected chi connectivity index (χ1v) is 5.94. The zero-order valence-electron chi connectivity index (χ0n) is 11.4. The quantitative estimate of drug-likeness (QED) is 0.673. The van der Waals surface area contributed by atoms with Crippen LogP contribution in [-0.4, -0.2) is 26.6 Å². The van der Waals surface area contributed by atoms with Crippen molar-refractivity contribution in [3.63, 3.8) is 0 Å². The number of ether oxygens (including phenoxy) is 1. The van der Waals surface area contributed by atoms with Gasteiger partial charge in [0.15, 0.2) is 0 Å². The molecule has 0 radical (unpaired) electrons. The Morgan fingerprint density at radius 1 is 1.25 bits per heavy atom. The van der Waals surface area contributed by atoms with E-state index in [1.807, 2.05) is 0 Å². The molecule has 104 valence electrons. The molecule has 0 unspecified atom stereocenters. The van der Waals surface area contributed by atoms with Crippen LogP contribution in [0.1, 0.15) is 23.1 Å². The number of hydrogen-bond donors (Lipinski definition) is 1. The fourth-order valence-electron chi connectivity index (χ4n) is 1.58. The smallest absolute Gasteiger partial charge is 0.308 e. The standard InChI is InChI=1S/C13H14N4O3/c1-8-15-16-13(17(8)3)14-12(19)10-6-4-5-7-11(10)20-9(2)18/h4-7H,1-3H3,(H,14,16,19). The van der Waals surface area contributed by atoms with Gasteiger partial charge in [0.05, 0.1) is 5.56 Å². The molecule has 0 saturated carbocycles. The van der Waals surface area contributed by atoms with Crippen LogP contribution >= 0.6 is 0 Å². The largest absolute Gasteiger partial charge is 0.426 e. The van der Waals surface area contributed by atoms with Crippen molar-refractivity contribution in [3.8, 4) is 5.75 Å². The van der Waals surface area contributed by atoms with Gasteiger partial charge in [-0.3, -0.25) is 14.9 Å². The molecule has 2 rings (SSSR count). The Hall–Kier alpha value is -2.70. The number of carbonyl (C=O) groups excluding carboxylic acids is 2. The van der Waals surface area contributed by atoms with Gasteiger partial charge in [0.1, 0.15) is 11.6 Å². The van der Waals surface area contributed by atoms with Gasteiger partial charge in [-0.15, -0.1) is 10.2 Å². The molecule has 1 amide bonds. The third kappa shape index (κ3) is 2.82. The summed E-state index contributed by atoms with van der Waals surface area (Å²) in [5, 5.41) is 10.3. The van der Waals surface area contributed by atoms with Gasteiger partial charge >= 0.3 is 5.97 Å². The van der Waals surface area contributed by atoms with Gasteiger partial charge in [-0.2, -0.15) is 0 Å². The monoisotopic (exact) mass is 274 g/mol. The fraction of sp³-hybridized carbons (Fsp3) is 0.231. The molecule has 0 aliphatic carbocycles. The first-order valence-electron chi connectivity index (χ1n) is 5.94. The van der Waals surface area contributed by atoms with Crippen molar-refractivity contribution >= 4 is 17.8 Å². The van der Waals surface area contributed by atoms with Crippen LogP contribution in [0.3, 0.4) is 0 Å². The van der Waals surface area contributed by atoms with Gasteiger partial charge in [0.2, 0.25) is 5.95 Å². The third-order valence-electron chi connectivity index (χ3n) is 2.70. The molecule has 7 heteroatoms. The number of benzene rings is 1. The van der Waals surface area contributed by atoms with Gasteiger partial charge < -0.3 is 9.30 Å². The molecule has 0 bridgehead atoms. The SMILES string of the molecule is CC(=O)Oc1ccccc1C(=O)Nc1nnc(C)n1C. The fourth-order valence-corrected chi connectivity index (χ4v) is 1.58. The highest BCUT2D eigenvalue weighted by Gasteiger charge is 2.16. The van der Waals surface area contributed by atoms with E-state index in [1.54, 1.807) is 42.8 Å². The first-order chi connectivity index (χ1) is 9.49. The number of aromatic nitrogens is 3. The number of nitrogens with zero attached hydrogens (tertiary/aromatic N) is 3. The predicted octanol–water partition coefficient (Wildman–Crippen LogP) is 1.30. The van der Waals surface area contributed by atoms with E-state index in [-0.39, 0.29) is 11.3 Å². The van der Waals surface area contributed by atoms with Gasteiger partial charge in [0, 0.05) is 14.0 Å². The van der Waals surface area contributed by atoms with Crippen molar-refractivity contribution < 1.29 is 14.3 Å². The van der Waals surface area contributed by atoms with Crippen molar-refractivity contribution in [2.75, 3.05) is 5.32 Å². The highest BCUT2D eigenvalue weighted by molar-refractivity contribution is 6.05. The summed E-state index contributed by atoms with van der Waals surface area (Å²) in [4.78, 5) is 23.2. The molecular formula is C13H14N4O3. The molecule has 20 heavy (non-hydrogen) atoms. The summed E-state index contributed by atoms with van der Waals surface area (Å²) in [7, 11) is 1.74. The molecule has 2 aromatic rings. The van der Waals surface area contributed by atoms with Crippen molar-refractivity contribution in [3.05, 3.63) is 35.7 Å². The zero-order valence-corrected chi connectivity index (χ0v) is 11.4. The Bertz CT molecular complexity index is 663. The van der Waals surface area contributed by atoms with Crippen LogP contribution in [0, 0.1) is 6.92 Å². The lowest BCUT2D eigenvalue weighted by molar-refractivity contribution is -0.131. The van der Waals surface area contributed by atoms with E-state index in [0.29, 0.717) is 11.8 Å². The summed E-state index contributed by atoms with van der Waals surface area (Å²) in [6.45, 7) is 3.05. The highest BCUT2D eigenvalue weighted by Crippen LogP contribution is 2.19. The van der Waals surface area contributed by atoms with Crippen LogP contribution in [0.15, 0.2) is 24.3 Å². The van der Waals surface area contributed by atoms with Gasteiger partial charge in [-0.25, -0.2) is 0 Å². The van der Waals surface area contributed by atoms with Crippen molar-refractivity contribution in [1.82, 2.24) is 14.8 Å². The topological polar surface area (TPSA) is 86.1 Å². The number of anilines is 1. The second kappa shape index (κ2) is 5.52. The second-order valence-corrected chi connectivity index (χ2v) is 4.17. The van der Waals surface area contributed by atoms with E-state index in [9.17, 15) is 9.59 Å². The van der Waals surface area contributed by atoms with Crippen LogP contribution in [0.5, 0.6) is 5.75 Å². The Balaban J connectivity index is 2.25. The number of esters is 1. The Morgan fingerprint density at radius 3 is 2.55 bits per heavy atom. The van der Waals surface area contributed by atoms with Gasteiger partial charge in [-0.05, 0) is 19.1 Å². The molecule has 1 aromatic carbocycles. The number of nitrogens with one attached hydrogen (secondary N) is 1. The van der Waals surface area contributed by atoms with Crippen LogP contribution in [-0.2, 0) is 11.8 Å². The number of hydrogen-bond acceptors (Lipinski definition) is 5. The summed E-state index contributed by atoms with van der Waals surface area (Å²) in [6, 6.07) is 6.49. The Kier molecular flexibility index (Phi) is 3.79. The van der Waals surface area contributed by atoms with Crippen LogP contribution in [0.4, 0.5) is 5.95 Å². The molecule has 0 spiro atoms. The number of para-hydroxylation sites is 1. The van der Waals surface area contributed by atoms with E-state index >= 15 is 0 Å². The van der Waals surface area contributed by atoms with Crippen molar-refractivity contribution in [2.45, 2.75) is 13.8 Å². The van der Waals surface area contributed by atoms with E-state index in [1.165, 1.54) is 6.92 Å². The molecule has 1 N–H and O–H groups in total. The van der Waals surface area contributed by atoms with E-state index < -0.39 is 11.9 Å². The number of amides is 1. The predicted molar refractivity (Wildman–Crippen MR) is 71.4 cm³/mol. The molecule has 0 saturated heterocycles. The average molecular weight is 274 g/mol. The van der Waals surface area contributed by atoms with Crippen LogP contribution < -0.4 is 10.1 Å². The summed E-state index contributed by atoms with van der Waals surface area (Å²) in [5.41, 5.74) is 0.253. The van der Waals surface area contributed by atoms with Gasteiger partial charge in [-0.1, -0.05) is 12.1 Å². The minimum absolute atomic E-state index is 0.205. The number of aryl methyl sites for hydroxylation is 1. The summed E-state index contributed by atoms with van der Waals surface area (Å²) in [5.74, 6) is 0.298. The lowest BCUT2D eigenvalue weighted by Crippen LogP contribution is -2.17. The zero-order chi connectivity index (χ0) is 14.7. The molecule has 1 heterocycles. The molecule has 1 aromatic heterocycles. The van der Waals surface area contributed by atoms with Gasteiger partial charge in [0.25, 0.3) is 5.91 Å². The van der Waals surface area contributed by atoms with E-state index in [4.69, 9.17) is 4.74 Å². The third-order valence-corrected chi connectivity index (χ3v) is 2.70. The van der Waals surface area contributed by atoms with E-state index in [0.717, 1.165) is 0 Å². The average Bonchev–Trinajstić information content (AvgIpc) is 2.70. The normalized spacial score (nSPS) is 10.2. The number of rotatable bonds is 3. The van der Waals surface area contributed by atoms with Crippen LogP contribution in [0.2, 0.25) is 0 Å². The lowest BCUT2D eigenvalue weighted by atomic mass is 10.2. The second-order valence-electron chi connectivity index (χ2n) is 4.17. The minimum Gasteiger partial charge on any atom is -0.426 e. The lowest BCUT2D eigenvalue weighted by Gasteiger charge is -2.09. The number of carbonyl (C=O) groups is 2. The summed E-state index contributed by atoms with van der Waals surface area (Å²) in [6.07, 6.45) is 0. The van der Waals surface area contributed by atoms with Crippen LogP contribution in [0.25, 0.3) is 0 Å². The Labute approximate surface area is 115 Å². The highest BCUT2D eigenvalue weighted by atomic mass is 16.5. The van der Waals surface area contributed by atoms with E-state index in [2.05, 4.69) is 15.5 Å². The Morgan fingerprint density at radius 2 is 1.95 bits per heavy atom. The molecule has 0 aliphatic heterocycles. The summed E-state index contributed by atoms with van der Waals surface area (Å²) < 4.78 is 6.64. The van der Waals surface area contributed by atoms with Crippen molar-refractivity contribution in [2.24, 2.45) is 7.05 Å². The van der Waals surface area contributed by atoms with Crippen molar-refractivity contribution in [1.29, 1.82) is 0 Å². The molecule has 0 atom stereocenters. The maximum Gasteiger partial charge on any atom is 0.308 e. The maximum absolute atomic E-state index is 12.2. The summed E-state index contributed by atoms with van der Waals surface area (Å²) >= 11 is 0. The maximum atomic E-state index is 12.2. The molecule has 7 nitrogen and oxygen atoms in total. The first kappa shape index (κ1) is 13.7. The molecule has 0 fully saturated rings. The minimum atomic E-state index is -0.486. The molecular weight excluding hydrogens is 260 g/mol. The molecule has 0 aliphatic rings.